The summed E-state index contributed by atoms with van der Waals surface area (Å²) in [6, 6.07) is 14.5. The first kappa shape index (κ1) is 20.1. The second-order valence-electron chi connectivity index (χ2n) is 7.55. The van der Waals surface area contributed by atoms with E-state index in [1.807, 2.05) is 49.1 Å². The summed E-state index contributed by atoms with van der Waals surface area (Å²) in [6.07, 6.45) is 0.918. The molecular weight excluding hydrogens is 355 g/mol. The first-order chi connectivity index (χ1) is 13.4. The number of nitrogens with zero attached hydrogens (tertiary/aromatic N) is 2. The molecule has 2 atom stereocenters. The topological polar surface area (TPSA) is 40.6 Å². The minimum absolute atomic E-state index is 0.00305. The van der Waals surface area contributed by atoms with Gasteiger partial charge in [-0.15, -0.1) is 0 Å². The van der Waals surface area contributed by atoms with Crippen LogP contribution in [0, 0.1) is 5.82 Å². The van der Waals surface area contributed by atoms with E-state index in [-0.39, 0.29) is 36.1 Å². The predicted molar refractivity (Wildman–Crippen MR) is 107 cm³/mol. The lowest BCUT2D eigenvalue weighted by molar-refractivity contribution is -0.137. The molecule has 0 spiro atoms. The molecule has 4 nitrogen and oxygen atoms in total. The molecule has 0 saturated heterocycles. The van der Waals surface area contributed by atoms with Crippen molar-refractivity contribution in [1.82, 2.24) is 9.80 Å². The summed E-state index contributed by atoms with van der Waals surface area (Å²) in [7, 11) is 0. The van der Waals surface area contributed by atoms with E-state index in [0.29, 0.717) is 19.5 Å². The monoisotopic (exact) mass is 382 g/mol. The van der Waals surface area contributed by atoms with Crippen molar-refractivity contribution in [2.75, 3.05) is 6.54 Å². The maximum absolute atomic E-state index is 13.6. The van der Waals surface area contributed by atoms with Gasteiger partial charge in [0, 0.05) is 32.5 Å². The molecule has 0 N–H and O–H groups in total. The third-order valence-electron chi connectivity index (χ3n) is 5.51. The Morgan fingerprint density at radius 3 is 2.54 bits per heavy atom. The van der Waals surface area contributed by atoms with Crippen molar-refractivity contribution in [1.29, 1.82) is 0 Å². The van der Waals surface area contributed by atoms with Crippen LogP contribution in [0.15, 0.2) is 48.5 Å². The molecule has 0 saturated carbocycles. The predicted octanol–water partition coefficient (Wildman–Crippen LogP) is 4.10. The Morgan fingerprint density at radius 2 is 1.86 bits per heavy atom. The van der Waals surface area contributed by atoms with Crippen LogP contribution in [0.4, 0.5) is 4.39 Å². The average molecular weight is 382 g/mol. The van der Waals surface area contributed by atoms with Crippen molar-refractivity contribution in [2.45, 2.75) is 52.2 Å². The highest BCUT2D eigenvalue weighted by Crippen LogP contribution is 2.33. The van der Waals surface area contributed by atoms with E-state index in [9.17, 15) is 14.0 Å². The van der Waals surface area contributed by atoms with Gasteiger partial charge < -0.3 is 9.80 Å². The van der Waals surface area contributed by atoms with Crippen LogP contribution in [0.25, 0.3) is 0 Å². The SMILES string of the molecule is CC(=O)N(CCC(=O)N1[C@H](C)Cc2cc(F)ccc2[C@@H]1C)Cc1ccccc1. The quantitative estimate of drug-likeness (QED) is 0.781. The zero-order chi connectivity index (χ0) is 20.3. The Bertz CT molecular complexity index is 853. The number of halogens is 1. The van der Waals surface area contributed by atoms with Gasteiger partial charge in [0.15, 0.2) is 0 Å². The number of carbonyl (C=O) groups excluding carboxylic acids is 2. The molecule has 0 fully saturated rings. The van der Waals surface area contributed by atoms with E-state index < -0.39 is 0 Å². The van der Waals surface area contributed by atoms with Crippen LogP contribution in [0.3, 0.4) is 0 Å². The molecule has 0 bridgehead atoms. The number of hydrogen-bond donors (Lipinski definition) is 0. The molecule has 0 unspecified atom stereocenters. The van der Waals surface area contributed by atoms with Crippen molar-refractivity contribution in [3.8, 4) is 0 Å². The maximum Gasteiger partial charge on any atom is 0.225 e. The summed E-state index contributed by atoms with van der Waals surface area (Å²) in [5, 5.41) is 0. The summed E-state index contributed by atoms with van der Waals surface area (Å²) >= 11 is 0. The number of hydrogen-bond acceptors (Lipinski definition) is 2. The van der Waals surface area contributed by atoms with Gasteiger partial charge in [-0.1, -0.05) is 36.4 Å². The van der Waals surface area contributed by atoms with Crippen LogP contribution in [-0.4, -0.2) is 34.2 Å². The van der Waals surface area contributed by atoms with Crippen LogP contribution in [0.5, 0.6) is 0 Å². The Balaban J connectivity index is 1.67. The summed E-state index contributed by atoms with van der Waals surface area (Å²) in [5.74, 6) is -0.262. The van der Waals surface area contributed by atoms with Crippen LogP contribution in [0.1, 0.15) is 49.9 Å². The Morgan fingerprint density at radius 1 is 1.14 bits per heavy atom. The Kier molecular flexibility index (Phi) is 6.12. The summed E-state index contributed by atoms with van der Waals surface area (Å²) in [5.41, 5.74) is 3.01. The van der Waals surface area contributed by atoms with E-state index in [2.05, 4.69) is 0 Å². The molecule has 2 aromatic carbocycles. The lowest BCUT2D eigenvalue weighted by atomic mass is 9.89. The largest absolute Gasteiger partial charge is 0.338 e. The molecule has 0 aromatic heterocycles. The van der Waals surface area contributed by atoms with Gasteiger partial charge >= 0.3 is 0 Å². The first-order valence-corrected chi connectivity index (χ1v) is 9.75. The molecule has 1 aliphatic rings. The van der Waals surface area contributed by atoms with E-state index in [4.69, 9.17) is 0 Å². The molecule has 2 aromatic rings. The van der Waals surface area contributed by atoms with Gasteiger partial charge in [-0.05, 0) is 49.1 Å². The van der Waals surface area contributed by atoms with E-state index in [1.165, 1.54) is 13.0 Å². The second kappa shape index (κ2) is 8.55. The zero-order valence-electron chi connectivity index (χ0n) is 16.7. The third kappa shape index (κ3) is 4.41. The smallest absolute Gasteiger partial charge is 0.225 e. The van der Waals surface area contributed by atoms with Crippen molar-refractivity contribution < 1.29 is 14.0 Å². The molecule has 28 heavy (non-hydrogen) atoms. The van der Waals surface area contributed by atoms with Gasteiger partial charge in [-0.3, -0.25) is 9.59 Å². The zero-order valence-corrected chi connectivity index (χ0v) is 16.7. The first-order valence-electron chi connectivity index (χ1n) is 9.75. The molecular formula is C23H27FN2O2. The highest BCUT2D eigenvalue weighted by atomic mass is 19.1. The molecule has 3 rings (SSSR count). The van der Waals surface area contributed by atoms with Gasteiger partial charge in [0.1, 0.15) is 5.82 Å². The highest BCUT2D eigenvalue weighted by Gasteiger charge is 2.32. The minimum Gasteiger partial charge on any atom is -0.338 e. The van der Waals surface area contributed by atoms with E-state index in [1.54, 1.807) is 17.0 Å². The standard InChI is InChI=1S/C23H27FN2O2/c1-16-13-20-14-21(24)9-10-22(20)17(2)26(16)23(28)11-12-25(18(3)27)15-19-7-5-4-6-8-19/h4-10,14,16-17H,11-13,15H2,1-3H3/t16-,17+/m1/s1. The van der Waals surface area contributed by atoms with Crippen molar-refractivity contribution in [2.24, 2.45) is 0 Å². The van der Waals surface area contributed by atoms with Crippen LogP contribution in [-0.2, 0) is 22.6 Å². The fourth-order valence-electron chi connectivity index (χ4n) is 4.08. The van der Waals surface area contributed by atoms with E-state index in [0.717, 1.165) is 16.7 Å². The molecule has 2 amide bonds. The second-order valence-corrected chi connectivity index (χ2v) is 7.55. The molecule has 1 aliphatic heterocycles. The van der Waals surface area contributed by atoms with Gasteiger partial charge in [-0.25, -0.2) is 4.39 Å². The van der Waals surface area contributed by atoms with E-state index >= 15 is 0 Å². The van der Waals surface area contributed by atoms with Gasteiger partial charge in [0.05, 0.1) is 6.04 Å². The lowest BCUT2D eigenvalue weighted by Crippen LogP contribution is -2.46. The molecule has 5 heteroatoms. The lowest BCUT2D eigenvalue weighted by Gasteiger charge is -2.40. The number of amides is 2. The average Bonchev–Trinajstić information content (AvgIpc) is 2.65. The van der Waals surface area contributed by atoms with Crippen molar-refractivity contribution in [3.05, 3.63) is 71.0 Å². The Labute approximate surface area is 166 Å². The number of rotatable bonds is 5. The maximum atomic E-state index is 13.6. The number of benzene rings is 2. The van der Waals surface area contributed by atoms with Gasteiger partial charge in [0.2, 0.25) is 11.8 Å². The van der Waals surface area contributed by atoms with Crippen LogP contribution in [0.2, 0.25) is 0 Å². The molecule has 0 aliphatic carbocycles. The van der Waals surface area contributed by atoms with Crippen molar-refractivity contribution >= 4 is 11.8 Å². The fraction of sp³-hybridized carbons (Fsp3) is 0.391. The molecule has 0 radical (unpaired) electrons. The summed E-state index contributed by atoms with van der Waals surface area (Å²) in [6.45, 7) is 6.39. The third-order valence-corrected chi connectivity index (χ3v) is 5.51. The van der Waals surface area contributed by atoms with Crippen molar-refractivity contribution in [3.63, 3.8) is 0 Å². The summed E-state index contributed by atoms with van der Waals surface area (Å²) < 4.78 is 13.6. The number of fused-ring (bicyclic) bond motifs is 1. The highest BCUT2D eigenvalue weighted by molar-refractivity contribution is 5.79. The van der Waals surface area contributed by atoms with Crippen LogP contribution >= 0.6 is 0 Å². The number of carbonyl (C=O) groups is 2. The summed E-state index contributed by atoms with van der Waals surface area (Å²) in [4.78, 5) is 28.6. The van der Waals surface area contributed by atoms with Crippen LogP contribution < -0.4 is 0 Å². The fourth-order valence-corrected chi connectivity index (χ4v) is 4.08. The minimum atomic E-state index is -0.240. The Hall–Kier alpha value is -2.69. The molecule has 148 valence electrons. The normalized spacial score (nSPS) is 18.5. The van der Waals surface area contributed by atoms with Gasteiger partial charge in [-0.2, -0.15) is 0 Å². The molecule has 1 heterocycles. The van der Waals surface area contributed by atoms with Gasteiger partial charge in [0.25, 0.3) is 0 Å².